The molecule has 5 nitrogen and oxygen atoms in total. The highest BCUT2D eigenvalue weighted by atomic mass is 16.6. The van der Waals surface area contributed by atoms with E-state index in [-0.39, 0.29) is 10.6 Å². The first kappa shape index (κ1) is 12.8. The van der Waals surface area contributed by atoms with E-state index in [1.807, 2.05) is 0 Å². The number of non-ortho nitro benzene ring substituents is 1. The number of anilines is 1. The summed E-state index contributed by atoms with van der Waals surface area (Å²) < 4.78 is 0. The van der Waals surface area contributed by atoms with E-state index in [0.29, 0.717) is 6.04 Å². The van der Waals surface area contributed by atoms with Crippen molar-refractivity contribution in [3.8, 4) is 0 Å². The van der Waals surface area contributed by atoms with Gasteiger partial charge in [0, 0.05) is 30.4 Å². The van der Waals surface area contributed by atoms with Crippen molar-refractivity contribution in [2.75, 3.05) is 25.0 Å². The number of benzene rings is 1. The van der Waals surface area contributed by atoms with E-state index in [0.717, 1.165) is 12.2 Å². The zero-order valence-corrected chi connectivity index (χ0v) is 10.6. The second-order valence-electron chi connectivity index (χ2n) is 4.78. The number of nitrogens with one attached hydrogen (secondary N) is 1. The lowest BCUT2D eigenvalue weighted by atomic mass is 10.2. The van der Waals surface area contributed by atoms with Crippen molar-refractivity contribution < 1.29 is 4.92 Å². The highest BCUT2D eigenvalue weighted by molar-refractivity contribution is 5.48. The van der Waals surface area contributed by atoms with Gasteiger partial charge in [0.25, 0.3) is 5.69 Å². The predicted octanol–water partition coefficient (Wildman–Crippen LogP) is 2.49. The number of hydrogen-bond donors (Lipinski definition) is 1. The highest BCUT2D eigenvalue weighted by Crippen LogP contribution is 2.16. The van der Waals surface area contributed by atoms with Crippen LogP contribution >= 0.6 is 0 Å². The van der Waals surface area contributed by atoms with Crippen LogP contribution in [-0.4, -0.2) is 35.5 Å². The summed E-state index contributed by atoms with van der Waals surface area (Å²) in [5.74, 6) is 0. The topological polar surface area (TPSA) is 58.4 Å². The van der Waals surface area contributed by atoms with Crippen molar-refractivity contribution in [1.82, 2.24) is 4.90 Å². The summed E-state index contributed by atoms with van der Waals surface area (Å²) >= 11 is 0. The van der Waals surface area contributed by atoms with E-state index in [2.05, 4.69) is 17.1 Å². The van der Waals surface area contributed by atoms with Gasteiger partial charge in [0.2, 0.25) is 0 Å². The Morgan fingerprint density at radius 3 is 2.50 bits per heavy atom. The van der Waals surface area contributed by atoms with Gasteiger partial charge >= 0.3 is 0 Å². The Balaban J connectivity index is 1.84. The lowest BCUT2D eigenvalue weighted by molar-refractivity contribution is -0.384. The van der Waals surface area contributed by atoms with Crippen molar-refractivity contribution >= 4 is 11.4 Å². The molecule has 2 rings (SSSR count). The largest absolute Gasteiger partial charge is 0.383 e. The predicted molar refractivity (Wildman–Crippen MR) is 71.9 cm³/mol. The molecule has 0 radical (unpaired) electrons. The molecule has 1 aliphatic rings. The molecule has 1 atom stereocenters. The van der Waals surface area contributed by atoms with Gasteiger partial charge in [-0.3, -0.25) is 15.0 Å². The summed E-state index contributed by atoms with van der Waals surface area (Å²) in [6.45, 7) is 5.45. The lowest BCUT2D eigenvalue weighted by Gasteiger charge is -2.24. The number of nitro groups is 1. The molecule has 0 aliphatic carbocycles. The Morgan fingerprint density at radius 1 is 1.33 bits per heavy atom. The molecule has 1 aromatic rings. The summed E-state index contributed by atoms with van der Waals surface area (Å²) in [4.78, 5) is 12.6. The van der Waals surface area contributed by atoms with Gasteiger partial charge < -0.3 is 5.32 Å². The van der Waals surface area contributed by atoms with Gasteiger partial charge in [-0.05, 0) is 45.0 Å². The molecule has 0 bridgehead atoms. The van der Waals surface area contributed by atoms with Crippen LogP contribution in [0.3, 0.4) is 0 Å². The molecular formula is C13H19N3O2. The first-order valence-corrected chi connectivity index (χ1v) is 6.39. The lowest BCUT2D eigenvalue weighted by Crippen LogP contribution is -2.35. The van der Waals surface area contributed by atoms with Crippen molar-refractivity contribution in [2.45, 2.75) is 25.8 Å². The van der Waals surface area contributed by atoms with Gasteiger partial charge in [0.1, 0.15) is 0 Å². The fourth-order valence-electron chi connectivity index (χ4n) is 2.28. The first-order valence-electron chi connectivity index (χ1n) is 6.39. The van der Waals surface area contributed by atoms with E-state index in [9.17, 15) is 10.1 Å². The molecule has 1 saturated heterocycles. The number of nitro benzene ring substituents is 1. The van der Waals surface area contributed by atoms with Crippen LogP contribution in [-0.2, 0) is 0 Å². The van der Waals surface area contributed by atoms with Gasteiger partial charge in [-0.2, -0.15) is 0 Å². The molecule has 98 valence electrons. The van der Waals surface area contributed by atoms with Gasteiger partial charge in [0.15, 0.2) is 0 Å². The quantitative estimate of drug-likeness (QED) is 0.643. The van der Waals surface area contributed by atoms with Crippen molar-refractivity contribution in [1.29, 1.82) is 0 Å². The zero-order chi connectivity index (χ0) is 13.0. The third-order valence-electron chi connectivity index (χ3n) is 3.44. The van der Waals surface area contributed by atoms with Crippen LogP contribution in [0, 0.1) is 10.1 Å². The molecular weight excluding hydrogens is 230 g/mol. The van der Waals surface area contributed by atoms with Crippen LogP contribution in [0.4, 0.5) is 11.4 Å². The van der Waals surface area contributed by atoms with Crippen molar-refractivity contribution in [3.63, 3.8) is 0 Å². The summed E-state index contributed by atoms with van der Waals surface area (Å²) in [6, 6.07) is 7.08. The monoisotopic (exact) mass is 249 g/mol. The minimum atomic E-state index is -0.378. The zero-order valence-electron chi connectivity index (χ0n) is 10.6. The third kappa shape index (κ3) is 3.20. The molecule has 1 fully saturated rings. The number of rotatable bonds is 5. The minimum Gasteiger partial charge on any atom is -0.383 e. The molecule has 1 unspecified atom stereocenters. The van der Waals surface area contributed by atoms with Crippen molar-refractivity contribution in [3.05, 3.63) is 34.4 Å². The molecule has 0 aromatic heterocycles. The van der Waals surface area contributed by atoms with Crippen LogP contribution < -0.4 is 5.32 Å². The van der Waals surface area contributed by atoms with Crippen molar-refractivity contribution in [2.24, 2.45) is 0 Å². The van der Waals surface area contributed by atoms with Crippen LogP contribution in [0.5, 0.6) is 0 Å². The molecule has 0 spiro atoms. The fraction of sp³-hybridized carbons (Fsp3) is 0.538. The van der Waals surface area contributed by atoms with Gasteiger partial charge in [0.05, 0.1) is 4.92 Å². The van der Waals surface area contributed by atoms with E-state index < -0.39 is 0 Å². The number of likely N-dealkylation sites (tertiary alicyclic amines) is 1. The maximum absolute atomic E-state index is 10.5. The summed E-state index contributed by atoms with van der Waals surface area (Å²) in [5.41, 5.74) is 1.07. The maximum atomic E-state index is 10.5. The van der Waals surface area contributed by atoms with Crippen LogP contribution in [0.15, 0.2) is 24.3 Å². The van der Waals surface area contributed by atoms with E-state index in [1.54, 1.807) is 12.1 Å². The Morgan fingerprint density at radius 2 is 1.94 bits per heavy atom. The fourth-order valence-corrected chi connectivity index (χ4v) is 2.28. The van der Waals surface area contributed by atoms with E-state index in [1.165, 1.54) is 38.1 Å². The molecule has 0 saturated carbocycles. The van der Waals surface area contributed by atoms with Crippen LogP contribution in [0.1, 0.15) is 19.8 Å². The first-order chi connectivity index (χ1) is 8.66. The maximum Gasteiger partial charge on any atom is 0.269 e. The third-order valence-corrected chi connectivity index (χ3v) is 3.44. The van der Waals surface area contributed by atoms with Crippen LogP contribution in [0.25, 0.3) is 0 Å². The Bertz CT molecular complexity index is 399. The Hall–Kier alpha value is -1.62. The second kappa shape index (κ2) is 5.82. The minimum absolute atomic E-state index is 0.133. The molecule has 1 N–H and O–H groups in total. The average Bonchev–Trinajstić information content (AvgIpc) is 2.90. The summed E-state index contributed by atoms with van der Waals surface area (Å²) in [6.07, 6.45) is 2.59. The normalized spacial score (nSPS) is 17.6. The van der Waals surface area contributed by atoms with Gasteiger partial charge in [-0.25, -0.2) is 0 Å². The standard InChI is InChI=1S/C13H19N3O2/c1-11(15-8-2-3-9-15)10-14-12-4-6-13(7-5-12)16(17)18/h4-7,11,14H,2-3,8-10H2,1H3. The number of hydrogen-bond acceptors (Lipinski definition) is 4. The molecule has 1 aliphatic heterocycles. The number of nitrogens with zero attached hydrogens (tertiary/aromatic N) is 2. The summed E-state index contributed by atoms with van der Waals surface area (Å²) in [5, 5.41) is 13.9. The molecule has 0 amide bonds. The smallest absolute Gasteiger partial charge is 0.269 e. The molecule has 5 heteroatoms. The Kier molecular flexibility index (Phi) is 4.15. The highest BCUT2D eigenvalue weighted by Gasteiger charge is 2.17. The second-order valence-corrected chi connectivity index (χ2v) is 4.78. The van der Waals surface area contributed by atoms with E-state index in [4.69, 9.17) is 0 Å². The molecule has 1 heterocycles. The SMILES string of the molecule is CC(CNc1ccc([N+](=O)[O-])cc1)N1CCCC1. The average molecular weight is 249 g/mol. The van der Waals surface area contributed by atoms with E-state index >= 15 is 0 Å². The van der Waals surface area contributed by atoms with Gasteiger partial charge in [-0.1, -0.05) is 0 Å². The summed E-state index contributed by atoms with van der Waals surface area (Å²) in [7, 11) is 0. The van der Waals surface area contributed by atoms with Crippen LogP contribution in [0.2, 0.25) is 0 Å². The molecule has 18 heavy (non-hydrogen) atoms. The molecule has 1 aromatic carbocycles. The van der Waals surface area contributed by atoms with Gasteiger partial charge in [-0.15, -0.1) is 0 Å². The Labute approximate surface area is 107 Å².